The van der Waals surface area contributed by atoms with Gasteiger partial charge in [-0.25, -0.2) is 4.98 Å². The van der Waals surface area contributed by atoms with Crippen molar-refractivity contribution in [2.24, 2.45) is 4.99 Å². The molecule has 2 aliphatic heterocycles. The molecule has 0 bridgehead atoms. The average Bonchev–Trinajstić information content (AvgIpc) is 3.22. The first-order valence-corrected chi connectivity index (χ1v) is 11.6. The van der Waals surface area contributed by atoms with Gasteiger partial charge in [0.15, 0.2) is 11.7 Å². The SMILES string of the molecule is CN=C(NCCc1nc(C(F)(F)F)cs1)NCC1(N2CCCCC2)CCN(C)CC1. The van der Waals surface area contributed by atoms with Crippen LogP contribution in [0.15, 0.2) is 10.4 Å². The quantitative estimate of drug-likeness (QED) is 0.520. The summed E-state index contributed by atoms with van der Waals surface area (Å²) in [7, 11) is 3.90. The number of guanidine groups is 1. The molecule has 2 aliphatic rings. The number of nitrogens with one attached hydrogen (secondary N) is 2. The predicted octanol–water partition coefficient (Wildman–Crippen LogP) is 2.82. The largest absolute Gasteiger partial charge is 0.434 e. The van der Waals surface area contributed by atoms with Crippen molar-refractivity contribution in [3.05, 3.63) is 16.1 Å². The van der Waals surface area contributed by atoms with E-state index in [9.17, 15) is 13.2 Å². The predicted molar refractivity (Wildman–Crippen MR) is 115 cm³/mol. The van der Waals surface area contributed by atoms with E-state index in [1.54, 1.807) is 7.05 Å². The number of piperidine rings is 2. The van der Waals surface area contributed by atoms with E-state index in [2.05, 4.69) is 37.5 Å². The van der Waals surface area contributed by atoms with Gasteiger partial charge in [-0.05, 0) is 58.9 Å². The van der Waals surface area contributed by atoms with E-state index in [-0.39, 0.29) is 5.54 Å². The van der Waals surface area contributed by atoms with Crippen molar-refractivity contribution in [3.8, 4) is 0 Å². The van der Waals surface area contributed by atoms with Gasteiger partial charge in [-0.15, -0.1) is 11.3 Å². The molecule has 0 spiro atoms. The van der Waals surface area contributed by atoms with E-state index in [1.807, 2.05) is 0 Å². The molecule has 0 aliphatic carbocycles. The molecule has 2 N–H and O–H groups in total. The maximum atomic E-state index is 12.7. The lowest BCUT2D eigenvalue weighted by atomic mass is 9.84. The summed E-state index contributed by atoms with van der Waals surface area (Å²) in [5, 5.41) is 8.27. The molecule has 6 nitrogen and oxygen atoms in total. The lowest BCUT2D eigenvalue weighted by molar-refractivity contribution is -0.140. The minimum atomic E-state index is -4.38. The zero-order valence-electron chi connectivity index (χ0n) is 17.9. The van der Waals surface area contributed by atoms with Gasteiger partial charge in [0.1, 0.15) is 0 Å². The van der Waals surface area contributed by atoms with Crippen LogP contribution in [0.1, 0.15) is 42.8 Å². The number of rotatable bonds is 6. The van der Waals surface area contributed by atoms with Gasteiger partial charge in [0.2, 0.25) is 0 Å². The van der Waals surface area contributed by atoms with Crippen LogP contribution in [0.2, 0.25) is 0 Å². The molecular formula is C20H33F3N6S. The fourth-order valence-corrected chi connectivity index (χ4v) is 5.13. The van der Waals surface area contributed by atoms with Crippen LogP contribution in [0.3, 0.4) is 0 Å². The van der Waals surface area contributed by atoms with E-state index in [4.69, 9.17) is 0 Å². The molecule has 0 unspecified atom stereocenters. The minimum absolute atomic E-state index is 0.140. The van der Waals surface area contributed by atoms with Gasteiger partial charge in [-0.3, -0.25) is 9.89 Å². The van der Waals surface area contributed by atoms with Crippen molar-refractivity contribution in [1.29, 1.82) is 0 Å². The molecule has 3 rings (SSSR count). The van der Waals surface area contributed by atoms with Crippen LogP contribution in [0, 0.1) is 0 Å². The molecule has 2 saturated heterocycles. The monoisotopic (exact) mass is 446 g/mol. The highest BCUT2D eigenvalue weighted by molar-refractivity contribution is 7.09. The summed E-state index contributed by atoms with van der Waals surface area (Å²) in [4.78, 5) is 13.0. The van der Waals surface area contributed by atoms with Gasteiger partial charge in [-0.2, -0.15) is 13.2 Å². The Bertz CT molecular complexity index is 691. The molecule has 2 fully saturated rings. The van der Waals surface area contributed by atoms with E-state index >= 15 is 0 Å². The number of hydrogen-bond acceptors (Lipinski definition) is 5. The van der Waals surface area contributed by atoms with Crippen molar-refractivity contribution < 1.29 is 13.2 Å². The second-order valence-electron chi connectivity index (χ2n) is 8.30. The highest BCUT2D eigenvalue weighted by Crippen LogP contribution is 2.31. The molecule has 1 aromatic heterocycles. The Labute approximate surface area is 180 Å². The molecule has 170 valence electrons. The van der Waals surface area contributed by atoms with Crippen molar-refractivity contribution in [3.63, 3.8) is 0 Å². The molecule has 0 aromatic carbocycles. The number of nitrogens with zero attached hydrogens (tertiary/aromatic N) is 4. The first-order valence-electron chi connectivity index (χ1n) is 10.7. The molecule has 30 heavy (non-hydrogen) atoms. The van der Waals surface area contributed by atoms with Crippen LogP contribution in [0.5, 0.6) is 0 Å². The van der Waals surface area contributed by atoms with Crippen LogP contribution in [-0.2, 0) is 12.6 Å². The van der Waals surface area contributed by atoms with Gasteiger partial charge in [0.25, 0.3) is 0 Å². The summed E-state index contributed by atoms with van der Waals surface area (Å²) in [5.74, 6) is 0.693. The number of aliphatic imine (C=N–C) groups is 1. The van der Waals surface area contributed by atoms with Crippen molar-refractivity contribution in [2.45, 2.75) is 50.2 Å². The Hall–Kier alpha value is -1.39. The van der Waals surface area contributed by atoms with Crippen LogP contribution in [0.4, 0.5) is 13.2 Å². The summed E-state index contributed by atoms with van der Waals surface area (Å²) in [6, 6.07) is 0. The molecule has 3 heterocycles. The maximum Gasteiger partial charge on any atom is 0.434 e. The van der Waals surface area contributed by atoms with Gasteiger partial charge < -0.3 is 15.5 Å². The van der Waals surface area contributed by atoms with Crippen LogP contribution in [-0.4, -0.2) is 79.6 Å². The number of likely N-dealkylation sites (tertiary alicyclic amines) is 2. The lowest BCUT2D eigenvalue weighted by Gasteiger charge is -2.50. The Morgan fingerprint density at radius 3 is 2.47 bits per heavy atom. The number of thiazole rings is 1. The molecule has 0 radical (unpaired) electrons. The van der Waals surface area contributed by atoms with Gasteiger partial charge in [0, 0.05) is 37.5 Å². The summed E-state index contributed by atoms with van der Waals surface area (Å²) in [5.41, 5.74) is -0.669. The Morgan fingerprint density at radius 1 is 1.17 bits per heavy atom. The molecule has 10 heteroatoms. The lowest BCUT2D eigenvalue weighted by Crippen LogP contribution is -2.62. The fraction of sp³-hybridized carbons (Fsp3) is 0.800. The number of hydrogen-bond donors (Lipinski definition) is 2. The second-order valence-corrected chi connectivity index (χ2v) is 9.24. The van der Waals surface area contributed by atoms with E-state index in [0.717, 1.165) is 62.3 Å². The third-order valence-corrected chi connectivity index (χ3v) is 7.14. The summed E-state index contributed by atoms with van der Waals surface area (Å²) in [6.45, 7) is 5.82. The zero-order chi connectivity index (χ0) is 21.6. The Kier molecular flexibility index (Phi) is 7.98. The molecule has 0 saturated carbocycles. The van der Waals surface area contributed by atoms with E-state index in [1.165, 1.54) is 19.3 Å². The summed E-state index contributed by atoms with van der Waals surface area (Å²) in [6.07, 6.45) is 2.16. The Morgan fingerprint density at radius 2 is 1.87 bits per heavy atom. The maximum absolute atomic E-state index is 12.7. The summed E-state index contributed by atoms with van der Waals surface area (Å²) < 4.78 is 38.1. The summed E-state index contributed by atoms with van der Waals surface area (Å²) >= 11 is 1.05. The molecule has 1 aromatic rings. The average molecular weight is 447 g/mol. The third-order valence-electron chi connectivity index (χ3n) is 6.23. The molecule has 0 atom stereocenters. The minimum Gasteiger partial charge on any atom is -0.356 e. The van der Waals surface area contributed by atoms with Gasteiger partial charge >= 0.3 is 6.18 Å². The number of halogens is 3. The van der Waals surface area contributed by atoms with E-state index < -0.39 is 11.9 Å². The molecule has 0 amide bonds. The first-order chi connectivity index (χ1) is 14.3. The third kappa shape index (κ3) is 6.07. The number of aromatic nitrogens is 1. The van der Waals surface area contributed by atoms with Crippen LogP contribution < -0.4 is 10.6 Å². The van der Waals surface area contributed by atoms with Crippen molar-refractivity contribution in [2.75, 3.05) is 53.4 Å². The van der Waals surface area contributed by atoms with Crippen LogP contribution >= 0.6 is 11.3 Å². The van der Waals surface area contributed by atoms with E-state index in [0.29, 0.717) is 23.9 Å². The van der Waals surface area contributed by atoms with Gasteiger partial charge in [-0.1, -0.05) is 6.42 Å². The van der Waals surface area contributed by atoms with Crippen molar-refractivity contribution >= 4 is 17.3 Å². The van der Waals surface area contributed by atoms with Crippen LogP contribution in [0.25, 0.3) is 0 Å². The zero-order valence-corrected chi connectivity index (χ0v) is 18.7. The first kappa shape index (κ1) is 23.3. The Balaban J connectivity index is 1.52. The molecular weight excluding hydrogens is 413 g/mol. The van der Waals surface area contributed by atoms with Gasteiger partial charge in [0.05, 0.1) is 5.01 Å². The smallest absolute Gasteiger partial charge is 0.356 e. The highest BCUT2D eigenvalue weighted by atomic mass is 32.1. The standard InChI is InChI=1S/C20H33F3N6S/c1-24-18(25-9-6-17-27-16(14-30-17)20(21,22)23)26-15-19(7-12-28(2)13-8-19)29-10-4-3-5-11-29/h14H,3-13,15H2,1-2H3,(H2,24,25,26). The highest BCUT2D eigenvalue weighted by Gasteiger charge is 2.39. The second kappa shape index (κ2) is 10.3. The fourth-order valence-electron chi connectivity index (χ4n) is 4.32. The topological polar surface area (TPSA) is 55.8 Å². The normalized spacial score (nSPS) is 21.6. The van der Waals surface area contributed by atoms with Crippen molar-refractivity contribution in [1.82, 2.24) is 25.4 Å². The number of alkyl halides is 3.